The van der Waals surface area contributed by atoms with Crippen molar-refractivity contribution in [3.63, 3.8) is 0 Å². The van der Waals surface area contributed by atoms with Gasteiger partial charge in [-0.15, -0.1) is 0 Å². The van der Waals surface area contributed by atoms with Gasteiger partial charge < -0.3 is 10.6 Å². The number of aryl methyl sites for hydroxylation is 1. The van der Waals surface area contributed by atoms with Gasteiger partial charge in [0.15, 0.2) is 5.69 Å². The van der Waals surface area contributed by atoms with E-state index in [0.717, 1.165) is 48.9 Å². The Bertz CT molecular complexity index is 865. The summed E-state index contributed by atoms with van der Waals surface area (Å²) in [5.41, 5.74) is 9.78. The Kier molecular flexibility index (Phi) is 4.76. The quantitative estimate of drug-likeness (QED) is 0.903. The maximum atomic E-state index is 14.5. The maximum absolute atomic E-state index is 14.5. The molecule has 0 radical (unpaired) electrons. The molecule has 4 rings (SSSR count). The predicted molar refractivity (Wildman–Crippen MR) is 103 cm³/mol. The van der Waals surface area contributed by atoms with Gasteiger partial charge in [-0.05, 0) is 69.6 Å². The highest BCUT2D eigenvalue weighted by atomic mass is 19.1. The van der Waals surface area contributed by atoms with Crippen molar-refractivity contribution in [2.24, 2.45) is 11.7 Å². The molecule has 6 heteroatoms. The summed E-state index contributed by atoms with van der Waals surface area (Å²) in [5.74, 6) is 0.144. The molecule has 1 fully saturated rings. The van der Waals surface area contributed by atoms with E-state index in [2.05, 4.69) is 5.10 Å². The van der Waals surface area contributed by atoms with Crippen molar-refractivity contribution in [2.45, 2.75) is 52.0 Å². The molecule has 1 aliphatic heterocycles. The zero-order valence-corrected chi connectivity index (χ0v) is 16.0. The number of carbonyl (C=O) groups excluding carboxylic acids is 1. The average Bonchev–Trinajstić information content (AvgIpc) is 3.24. The molecule has 2 aromatic rings. The molecule has 1 saturated heterocycles. The third-order valence-electron chi connectivity index (χ3n) is 6.03. The highest BCUT2D eigenvalue weighted by molar-refractivity contribution is 5.94. The highest BCUT2D eigenvalue weighted by Crippen LogP contribution is 2.30. The molecule has 2 N–H and O–H groups in total. The lowest BCUT2D eigenvalue weighted by Crippen LogP contribution is -2.42. The van der Waals surface area contributed by atoms with E-state index < -0.39 is 0 Å². The molecule has 2 heterocycles. The zero-order valence-electron chi connectivity index (χ0n) is 16.0. The first-order chi connectivity index (χ1) is 13.0. The number of rotatable bonds is 3. The standard InChI is InChI=1S/C21H27FN4O/c1-13-6-7-19(17(22)12-13)26-18-5-3-4-16(18)20(24-26)21(27)25-10-8-15(9-11-25)14(2)23/h6-7,12,14-15H,3-5,8-11,23H2,1-2H3. The number of likely N-dealkylation sites (tertiary alicyclic amines) is 1. The van der Waals surface area contributed by atoms with Gasteiger partial charge in [-0.1, -0.05) is 6.07 Å². The van der Waals surface area contributed by atoms with Crippen LogP contribution >= 0.6 is 0 Å². The Labute approximate surface area is 159 Å². The van der Waals surface area contributed by atoms with E-state index in [9.17, 15) is 9.18 Å². The Morgan fingerprint density at radius 2 is 2.04 bits per heavy atom. The molecule has 0 spiro atoms. The minimum Gasteiger partial charge on any atom is -0.337 e. The summed E-state index contributed by atoms with van der Waals surface area (Å²) in [4.78, 5) is 15.0. The average molecular weight is 370 g/mol. The normalized spacial score (nSPS) is 18.6. The number of fused-ring (bicyclic) bond motifs is 1. The van der Waals surface area contributed by atoms with Crippen LogP contribution in [0.3, 0.4) is 0 Å². The zero-order chi connectivity index (χ0) is 19.1. The number of hydrogen-bond acceptors (Lipinski definition) is 3. The largest absolute Gasteiger partial charge is 0.337 e. The van der Waals surface area contributed by atoms with Gasteiger partial charge in [-0.3, -0.25) is 4.79 Å². The Morgan fingerprint density at radius 1 is 1.30 bits per heavy atom. The molecule has 2 aliphatic rings. The molecule has 5 nitrogen and oxygen atoms in total. The second-order valence-corrected chi connectivity index (χ2v) is 7.98. The van der Waals surface area contributed by atoms with Crippen molar-refractivity contribution in [3.05, 3.63) is 46.5 Å². The van der Waals surface area contributed by atoms with Gasteiger partial charge in [0.1, 0.15) is 11.5 Å². The van der Waals surface area contributed by atoms with Crippen LogP contribution in [0.5, 0.6) is 0 Å². The highest BCUT2D eigenvalue weighted by Gasteiger charge is 2.32. The minimum atomic E-state index is -0.302. The summed E-state index contributed by atoms with van der Waals surface area (Å²) in [6, 6.07) is 5.30. The number of hydrogen-bond donors (Lipinski definition) is 1. The lowest BCUT2D eigenvalue weighted by Gasteiger charge is -2.33. The van der Waals surface area contributed by atoms with Crippen molar-refractivity contribution >= 4 is 5.91 Å². The van der Waals surface area contributed by atoms with Gasteiger partial charge >= 0.3 is 0 Å². The maximum Gasteiger partial charge on any atom is 0.274 e. The number of benzene rings is 1. The Hall–Kier alpha value is -2.21. The first-order valence-electron chi connectivity index (χ1n) is 9.88. The summed E-state index contributed by atoms with van der Waals surface area (Å²) >= 11 is 0. The van der Waals surface area contributed by atoms with Gasteiger partial charge in [-0.2, -0.15) is 5.10 Å². The molecule has 144 valence electrons. The van der Waals surface area contributed by atoms with E-state index in [1.54, 1.807) is 10.7 Å². The summed E-state index contributed by atoms with van der Waals surface area (Å²) < 4.78 is 16.2. The van der Waals surface area contributed by atoms with Gasteiger partial charge in [0.2, 0.25) is 0 Å². The summed E-state index contributed by atoms with van der Waals surface area (Å²) in [5, 5.41) is 4.58. The monoisotopic (exact) mass is 370 g/mol. The van der Waals surface area contributed by atoms with Crippen LogP contribution in [0.15, 0.2) is 18.2 Å². The number of carbonyl (C=O) groups is 1. The topological polar surface area (TPSA) is 64.2 Å². The molecule has 27 heavy (non-hydrogen) atoms. The van der Waals surface area contributed by atoms with Crippen LogP contribution in [0.4, 0.5) is 4.39 Å². The van der Waals surface area contributed by atoms with Crippen molar-refractivity contribution < 1.29 is 9.18 Å². The van der Waals surface area contributed by atoms with Crippen LogP contribution in [0.2, 0.25) is 0 Å². The van der Waals surface area contributed by atoms with Gasteiger partial charge in [0, 0.05) is 30.4 Å². The SMILES string of the molecule is Cc1ccc(-n2nc(C(=O)N3CCC(C(C)N)CC3)c3c2CCC3)c(F)c1. The number of piperidine rings is 1. The van der Waals surface area contributed by atoms with Gasteiger partial charge in [0.25, 0.3) is 5.91 Å². The number of halogens is 1. The smallest absolute Gasteiger partial charge is 0.274 e. The third-order valence-corrected chi connectivity index (χ3v) is 6.03. The van der Waals surface area contributed by atoms with Gasteiger partial charge in [0.05, 0.1) is 0 Å². The first kappa shape index (κ1) is 18.2. The number of nitrogens with two attached hydrogens (primary N) is 1. The van der Waals surface area contributed by atoms with E-state index in [4.69, 9.17) is 5.73 Å². The second-order valence-electron chi connectivity index (χ2n) is 7.98. The Morgan fingerprint density at radius 3 is 2.70 bits per heavy atom. The van der Waals surface area contributed by atoms with E-state index in [0.29, 0.717) is 30.4 Å². The predicted octanol–water partition coefficient (Wildman–Crippen LogP) is 3.01. The van der Waals surface area contributed by atoms with E-state index in [-0.39, 0.29) is 17.8 Å². The van der Waals surface area contributed by atoms with Crippen molar-refractivity contribution in [3.8, 4) is 5.69 Å². The van der Waals surface area contributed by atoms with Crippen LogP contribution in [0.25, 0.3) is 5.69 Å². The lowest BCUT2D eigenvalue weighted by atomic mass is 9.91. The number of aromatic nitrogens is 2. The van der Waals surface area contributed by atoms with Crippen LogP contribution in [-0.2, 0) is 12.8 Å². The van der Waals surface area contributed by atoms with Gasteiger partial charge in [-0.25, -0.2) is 9.07 Å². The van der Waals surface area contributed by atoms with E-state index in [1.165, 1.54) is 6.07 Å². The Balaban J connectivity index is 1.64. The molecule has 1 aliphatic carbocycles. The fourth-order valence-electron chi connectivity index (χ4n) is 4.37. The molecule has 1 amide bonds. The number of amides is 1. The van der Waals surface area contributed by atoms with Crippen LogP contribution in [0.1, 0.15) is 53.5 Å². The molecular formula is C21H27FN4O. The molecule has 1 atom stereocenters. The second kappa shape index (κ2) is 7.08. The van der Waals surface area contributed by atoms with Crippen molar-refractivity contribution in [2.75, 3.05) is 13.1 Å². The van der Waals surface area contributed by atoms with Crippen LogP contribution in [0, 0.1) is 18.7 Å². The van der Waals surface area contributed by atoms with E-state index >= 15 is 0 Å². The molecule has 1 aromatic heterocycles. The van der Waals surface area contributed by atoms with Crippen LogP contribution in [-0.4, -0.2) is 39.7 Å². The molecule has 1 aromatic carbocycles. The molecule has 0 bridgehead atoms. The minimum absolute atomic E-state index is 0.0254. The lowest BCUT2D eigenvalue weighted by molar-refractivity contribution is 0.0673. The summed E-state index contributed by atoms with van der Waals surface area (Å²) in [7, 11) is 0. The molecule has 1 unspecified atom stereocenters. The van der Waals surface area contributed by atoms with Crippen molar-refractivity contribution in [1.29, 1.82) is 0 Å². The summed E-state index contributed by atoms with van der Waals surface area (Å²) in [6.07, 6.45) is 4.50. The first-order valence-corrected chi connectivity index (χ1v) is 9.88. The summed E-state index contributed by atoms with van der Waals surface area (Å²) in [6.45, 7) is 5.32. The third kappa shape index (κ3) is 3.27. The van der Waals surface area contributed by atoms with Crippen molar-refractivity contribution in [1.82, 2.24) is 14.7 Å². The molecular weight excluding hydrogens is 343 g/mol. The van der Waals surface area contributed by atoms with Crippen LogP contribution < -0.4 is 5.73 Å². The molecule has 0 saturated carbocycles. The van der Waals surface area contributed by atoms with E-state index in [1.807, 2.05) is 24.8 Å². The fourth-order valence-corrected chi connectivity index (χ4v) is 4.37. The fraction of sp³-hybridized carbons (Fsp3) is 0.524. The number of nitrogens with zero attached hydrogens (tertiary/aromatic N) is 3.